The molecule has 5 nitrogen and oxygen atoms in total. The molecular formula is C21H31N3O2. The van der Waals surface area contributed by atoms with E-state index in [0.717, 1.165) is 39.3 Å². The molecule has 0 saturated carbocycles. The molecule has 0 N–H and O–H groups in total. The van der Waals surface area contributed by atoms with E-state index in [-0.39, 0.29) is 12.0 Å². The maximum Gasteiger partial charge on any atom is 0.225 e. The summed E-state index contributed by atoms with van der Waals surface area (Å²) in [5, 5.41) is 0. The maximum atomic E-state index is 12.6. The molecule has 1 aromatic carbocycles. The standard InChI is InChI=1S/C21H31N3O2/c25-21(24-15-19(16-24)23-9-5-2-6-10-23)13-20-17-22(11-12-26-20)14-18-7-3-1-4-8-18/h1,3-4,7-8,19-20H,2,5-6,9-17H2/t20-/m1/s1. The lowest BCUT2D eigenvalue weighted by atomic mass is 10.0. The number of ether oxygens (including phenoxy) is 1. The highest BCUT2D eigenvalue weighted by Crippen LogP contribution is 2.22. The van der Waals surface area contributed by atoms with Gasteiger partial charge < -0.3 is 9.64 Å². The van der Waals surface area contributed by atoms with Gasteiger partial charge in [0.15, 0.2) is 0 Å². The van der Waals surface area contributed by atoms with Crippen LogP contribution in [0.1, 0.15) is 31.2 Å². The number of likely N-dealkylation sites (tertiary alicyclic amines) is 2. The van der Waals surface area contributed by atoms with Crippen molar-refractivity contribution in [1.29, 1.82) is 0 Å². The van der Waals surface area contributed by atoms with Gasteiger partial charge in [0, 0.05) is 38.8 Å². The van der Waals surface area contributed by atoms with Crippen molar-refractivity contribution in [2.75, 3.05) is 45.9 Å². The van der Waals surface area contributed by atoms with Crippen molar-refractivity contribution in [3.63, 3.8) is 0 Å². The lowest BCUT2D eigenvalue weighted by Crippen LogP contribution is -2.62. The molecule has 0 radical (unpaired) electrons. The Kier molecular flexibility index (Phi) is 5.88. The topological polar surface area (TPSA) is 36.0 Å². The second kappa shape index (κ2) is 8.51. The number of hydrogen-bond donors (Lipinski definition) is 0. The van der Waals surface area contributed by atoms with Gasteiger partial charge in [-0.2, -0.15) is 0 Å². The third kappa shape index (κ3) is 4.45. The Bertz CT molecular complexity index is 582. The molecule has 142 valence electrons. The molecule has 1 atom stereocenters. The molecule has 1 amide bonds. The van der Waals surface area contributed by atoms with Gasteiger partial charge in [0.2, 0.25) is 5.91 Å². The molecule has 3 aliphatic heterocycles. The molecule has 0 aliphatic carbocycles. The number of nitrogens with zero attached hydrogens (tertiary/aromatic N) is 3. The first-order valence-corrected chi connectivity index (χ1v) is 10.2. The third-order valence-corrected chi connectivity index (χ3v) is 6.00. The average molecular weight is 357 g/mol. The Morgan fingerprint density at radius 1 is 1.00 bits per heavy atom. The summed E-state index contributed by atoms with van der Waals surface area (Å²) in [5.41, 5.74) is 1.33. The van der Waals surface area contributed by atoms with Gasteiger partial charge in [-0.1, -0.05) is 36.8 Å². The monoisotopic (exact) mass is 357 g/mol. The molecule has 26 heavy (non-hydrogen) atoms. The van der Waals surface area contributed by atoms with Crippen LogP contribution in [0.4, 0.5) is 0 Å². The first-order valence-electron chi connectivity index (χ1n) is 10.2. The first-order chi connectivity index (χ1) is 12.8. The minimum absolute atomic E-state index is 0.0361. The number of morpholine rings is 1. The molecule has 0 bridgehead atoms. The van der Waals surface area contributed by atoms with E-state index in [2.05, 4.69) is 40.1 Å². The van der Waals surface area contributed by atoms with Crippen LogP contribution in [0.25, 0.3) is 0 Å². The van der Waals surface area contributed by atoms with E-state index >= 15 is 0 Å². The van der Waals surface area contributed by atoms with Crippen molar-refractivity contribution in [1.82, 2.24) is 14.7 Å². The predicted molar refractivity (Wildman–Crippen MR) is 102 cm³/mol. The fourth-order valence-corrected chi connectivity index (χ4v) is 4.39. The van der Waals surface area contributed by atoms with E-state index in [1.807, 2.05) is 4.90 Å². The number of benzene rings is 1. The number of amides is 1. The van der Waals surface area contributed by atoms with E-state index in [9.17, 15) is 4.79 Å². The van der Waals surface area contributed by atoms with Gasteiger partial charge >= 0.3 is 0 Å². The Balaban J connectivity index is 1.21. The van der Waals surface area contributed by atoms with E-state index in [1.165, 1.54) is 37.9 Å². The highest BCUT2D eigenvalue weighted by molar-refractivity contribution is 5.77. The summed E-state index contributed by atoms with van der Waals surface area (Å²) >= 11 is 0. The summed E-state index contributed by atoms with van der Waals surface area (Å²) < 4.78 is 5.88. The molecule has 0 aromatic heterocycles. The van der Waals surface area contributed by atoms with Gasteiger partial charge in [-0.3, -0.25) is 14.6 Å². The number of hydrogen-bond acceptors (Lipinski definition) is 4. The molecule has 3 saturated heterocycles. The van der Waals surface area contributed by atoms with Gasteiger partial charge in [-0.05, 0) is 31.5 Å². The lowest BCUT2D eigenvalue weighted by molar-refractivity contribution is -0.144. The number of rotatable bonds is 5. The van der Waals surface area contributed by atoms with Crippen molar-refractivity contribution >= 4 is 5.91 Å². The van der Waals surface area contributed by atoms with Crippen molar-refractivity contribution in [3.8, 4) is 0 Å². The normalized spacial score (nSPS) is 25.8. The van der Waals surface area contributed by atoms with Crippen LogP contribution >= 0.6 is 0 Å². The number of carbonyl (C=O) groups excluding carboxylic acids is 1. The predicted octanol–water partition coefficient (Wildman–Crippen LogP) is 1.97. The van der Waals surface area contributed by atoms with Gasteiger partial charge in [-0.15, -0.1) is 0 Å². The van der Waals surface area contributed by atoms with Crippen LogP contribution < -0.4 is 0 Å². The molecule has 1 aromatic rings. The number of piperidine rings is 1. The Morgan fingerprint density at radius 2 is 1.77 bits per heavy atom. The molecule has 5 heteroatoms. The summed E-state index contributed by atoms with van der Waals surface area (Å²) in [4.78, 5) is 19.6. The van der Waals surface area contributed by atoms with Crippen molar-refractivity contribution in [3.05, 3.63) is 35.9 Å². The minimum Gasteiger partial charge on any atom is -0.375 e. The summed E-state index contributed by atoms with van der Waals surface area (Å²) in [6, 6.07) is 11.1. The van der Waals surface area contributed by atoms with E-state index in [0.29, 0.717) is 12.5 Å². The summed E-state index contributed by atoms with van der Waals surface area (Å²) in [6.07, 6.45) is 4.56. The molecule has 4 rings (SSSR count). The SMILES string of the molecule is O=C(C[C@@H]1CN(Cc2ccccc2)CCO1)N1CC(N2CCCCC2)C1. The average Bonchev–Trinajstić information content (AvgIpc) is 2.62. The highest BCUT2D eigenvalue weighted by atomic mass is 16.5. The Labute approximate surface area is 156 Å². The van der Waals surface area contributed by atoms with E-state index in [4.69, 9.17) is 4.74 Å². The summed E-state index contributed by atoms with van der Waals surface area (Å²) in [5.74, 6) is 0.268. The molecule has 3 fully saturated rings. The van der Waals surface area contributed by atoms with Gasteiger partial charge in [0.05, 0.1) is 19.1 Å². The quantitative estimate of drug-likeness (QED) is 0.807. The molecule has 3 heterocycles. The van der Waals surface area contributed by atoms with Crippen molar-refractivity contribution in [2.24, 2.45) is 0 Å². The molecule has 0 unspecified atom stereocenters. The first kappa shape index (κ1) is 18.0. The summed E-state index contributed by atoms with van der Waals surface area (Å²) in [6.45, 7) is 7.72. The largest absolute Gasteiger partial charge is 0.375 e. The lowest BCUT2D eigenvalue weighted by Gasteiger charge is -2.47. The van der Waals surface area contributed by atoms with Crippen LogP contribution in [0.3, 0.4) is 0 Å². The minimum atomic E-state index is 0.0361. The van der Waals surface area contributed by atoms with E-state index < -0.39 is 0 Å². The molecule has 3 aliphatic rings. The van der Waals surface area contributed by atoms with Crippen LogP contribution in [-0.4, -0.2) is 78.6 Å². The van der Waals surface area contributed by atoms with Crippen LogP contribution in [-0.2, 0) is 16.1 Å². The fourth-order valence-electron chi connectivity index (χ4n) is 4.39. The maximum absolute atomic E-state index is 12.6. The third-order valence-electron chi connectivity index (χ3n) is 6.00. The zero-order valence-corrected chi connectivity index (χ0v) is 15.7. The van der Waals surface area contributed by atoms with Crippen LogP contribution in [0, 0.1) is 0 Å². The van der Waals surface area contributed by atoms with Crippen molar-refractivity contribution in [2.45, 2.75) is 44.4 Å². The van der Waals surface area contributed by atoms with Gasteiger partial charge in [0.25, 0.3) is 0 Å². The molecular weight excluding hydrogens is 326 g/mol. The Morgan fingerprint density at radius 3 is 2.54 bits per heavy atom. The van der Waals surface area contributed by atoms with Crippen LogP contribution in [0.5, 0.6) is 0 Å². The number of carbonyl (C=O) groups is 1. The van der Waals surface area contributed by atoms with Gasteiger partial charge in [0.1, 0.15) is 0 Å². The van der Waals surface area contributed by atoms with Crippen LogP contribution in [0.2, 0.25) is 0 Å². The highest BCUT2D eigenvalue weighted by Gasteiger charge is 2.36. The van der Waals surface area contributed by atoms with E-state index in [1.54, 1.807) is 0 Å². The zero-order valence-electron chi connectivity index (χ0n) is 15.7. The second-order valence-corrected chi connectivity index (χ2v) is 7.97. The summed E-state index contributed by atoms with van der Waals surface area (Å²) in [7, 11) is 0. The van der Waals surface area contributed by atoms with Crippen molar-refractivity contribution < 1.29 is 9.53 Å². The molecule has 0 spiro atoms. The van der Waals surface area contributed by atoms with Gasteiger partial charge in [-0.25, -0.2) is 0 Å². The second-order valence-electron chi connectivity index (χ2n) is 7.97. The zero-order chi connectivity index (χ0) is 17.8. The fraction of sp³-hybridized carbons (Fsp3) is 0.667. The Hall–Kier alpha value is -1.43. The van der Waals surface area contributed by atoms with Crippen LogP contribution in [0.15, 0.2) is 30.3 Å². The smallest absolute Gasteiger partial charge is 0.225 e.